The fourth-order valence-corrected chi connectivity index (χ4v) is 4.65. The Hall–Kier alpha value is -2.04. The maximum Gasteiger partial charge on any atom is 0.313 e. The molecule has 5 nitrogen and oxygen atoms in total. The number of amides is 2. The first kappa shape index (κ1) is 22.6. The SMILES string of the molecule is O=C(Nc1ccc(N2CCCCC2)cc1)C(=O)NC1CCCCCCCCCCC1. The summed E-state index contributed by atoms with van der Waals surface area (Å²) in [6.45, 7) is 2.19. The molecule has 1 heterocycles. The zero-order chi connectivity index (χ0) is 21.0. The molecule has 30 heavy (non-hydrogen) atoms. The Labute approximate surface area is 182 Å². The van der Waals surface area contributed by atoms with Crippen molar-refractivity contribution in [3.8, 4) is 0 Å². The molecule has 5 heteroatoms. The maximum atomic E-state index is 12.5. The summed E-state index contributed by atoms with van der Waals surface area (Å²) in [5, 5.41) is 5.76. The van der Waals surface area contributed by atoms with Gasteiger partial charge in [0.1, 0.15) is 0 Å². The van der Waals surface area contributed by atoms with Crippen LogP contribution in [0.2, 0.25) is 0 Å². The zero-order valence-corrected chi connectivity index (χ0v) is 18.5. The monoisotopic (exact) mass is 413 g/mol. The lowest BCUT2D eigenvalue weighted by Crippen LogP contribution is -2.41. The predicted molar refractivity (Wildman–Crippen MR) is 124 cm³/mol. The summed E-state index contributed by atoms with van der Waals surface area (Å²) < 4.78 is 0. The minimum atomic E-state index is -0.563. The van der Waals surface area contributed by atoms with Crippen LogP contribution in [-0.4, -0.2) is 30.9 Å². The Balaban J connectivity index is 1.47. The molecule has 1 saturated carbocycles. The van der Waals surface area contributed by atoms with Gasteiger partial charge in [-0.25, -0.2) is 0 Å². The third kappa shape index (κ3) is 7.66. The molecule has 0 aromatic heterocycles. The smallest absolute Gasteiger partial charge is 0.313 e. The van der Waals surface area contributed by atoms with Crippen LogP contribution in [0.1, 0.15) is 89.9 Å². The molecule has 2 N–H and O–H groups in total. The Morgan fingerprint density at radius 2 is 1.17 bits per heavy atom. The van der Waals surface area contributed by atoms with Crippen molar-refractivity contribution in [3.05, 3.63) is 24.3 Å². The molecule has 2 aliphatic rings. The topological polar surface area (TPSA) is 61.4 Å². The maximum absolute atomic E-state index is 12.5. The van der Waals surface area contributed by atoms with E-state index in [4.69, 9.17) is 0 Å². The van der Waals surface area contributed by atoms with Crippen molar-refractivity contribution in [1.82, 2.24) is 5.32 Å². The van der Waals surface area contributed by atoms with E-state index in [1.54, 1.807) is 0 Å². The molecule has 0 bridgehead atoms. The average molecular weight is 414 g/mol. The molecule has 1 aromatic carbocycles. The van der Waals surface area contributed by atoms with Gasteiger partial charge in [-0.2, -0.15) is 0 Å². The minimum Gasteiger partial charge on any atom is -0.372 e. The van der Waals surface area contributed by atoms with E-state index >= 15 is 0 Å². The molecular weight excluding hydrogens is 374 g/mol. The number of carbonyl (C=O) groups is 2. The molecule has 0 radical (unpaired) electrons. The van der Waals surface area contributed by atoms with E-state index in [1.165, 1.54) is 69.9 Å². The van der Waals surface area contributed by atoms with Crippen LogP contribution in [0.5, 0.6) is 0 Å². The van der Waals surface area contributed by atoms with Crippen LogP contribution in [0.4, 0.5) is 11.4 Å². The van der Waals surface area contributed by atoms with Crippen molar-refractivity contribution < 1.29 is 9.59 Å². The molecule has 0 unspecified atom stereocenters. The van der Waals surface area contributed by atoms with E-state index in [0.717, 1.165) is 38.8 Å². The highest BCUT2D eigenvalue weighted by Gasteiger charge is 2.19. The lowest BCUT2D eigenvalue weighted by atomic mass is 9.98. The predicted octanol–water partition coefficient (Wildman–Crippen LogP) is 5.40. The highest BCUT2D eigenvalue weighted by molar-refractivity contribution is 6.39. The van der Waals surface area contributed by atoms with Crippen molar-refractivity contribution in [2.45, 2.75) is 95.9 Å². The second-order valence-electron chi connectivity index (χ2n) is 8.98. The van der Waals surface area contributed by atoms with E-state index in [9.17, 15) is 9.59 Å². The first-order chi connectivity index (χ1) is 14.7. The van der Waals surface area contributed by atoms with Gasteiger partial charge in [0.25, 0.3) is 0 Å². The number of anilines is 2. The summed E-state index contributed by atoms with van der Waals surface area (Å²) in [5.74, 6) is -1.07. The molecule has 1 aliphatic carbocycles. The number of benzene rings is 1. The van der Waals surface area contributed by atoms with Gasteiger partial charge >= 0.3 is 11.8 Å². The first-order valence-electron chi connectivity index (χ1n) is 12.2. The van der Waals surface area contributed by atoms with E-state index in [2.05, 4.69) is 15.5 Å². The number of piperidine rings is 1. The van der Waals surface area contributed by atoms with E-state index < -0.39 is 11.8 Å². The van der Waals surface area contributed by atoms with Crippen molar-refractivity contribution in [2.75, 3.05) is 23.3 Å². The summed E-state index contributed by atoms with van der Waals surface area (Å²) in [6.07, 6.45) is 17.0. The standard InChI is InChI=1S/C25H39N3O2/c29-24(26-21-13-9-6-4-2-1-3-5-7-10-14-21)25(30)27-22-15-17-23(18-16-22)28-19-11-8-12-20-28/h15-18,21H,1-14,19-20H2,(H,26,29)(H,27,30). The lowest BCUT2D eigenvalue weighted by molar-refractivity contribution is -0.136. The van der Waals surface area contributed by atoms with Crippen LogP contribution in [0.15, 0.2) is 24.3 Å². The van der Waals surface area contributed by atoms with Crippen molar-refractivity contribution in [1.29, 1.82) is 0 Å². The minimum absolute atomic E-state index is 0.115. The van der Waals surface area contributed by atoms with Crippen LogP contribution in [0.25, 0.3) is 0 Å². The summed E-state index contributed by atoms with van der Waals surface area (Å²) in [4.78, 5) is 27.3. The molecule has 0 atom stereocenters. The van der Waals surface area contributed by atoms with Gasteiger partial charge in [0.2, 0.25) is 0 Å². The van der Waals surface area contributed by atoms with Gasteiger partial charge in [-0.15, -0.1) is 0 Å². The summed E-state index contributed by atoms with van der Waals surface area (Å²) in [5.41, 5.74) is 1.86. The number of rotatable bonds is 3. The van der Waals surface area contributed by atoms with Gasteiger partial charge in [0, 0.05) is 30.5 Å². The van der Waals surface area contributed by atoms with Gasteiger partial charge in [0.15, 0.2) is 0 Å². The molecule has 0 spiro atoms. The fourth-order valence-electron chi connectivity index (χ4n) is 4.65. The number of hydrogen-bond donors (Lipinski definition) is 2. The largest absolute Gasteiger partial charge is 0.372 e. The third-order valence-electron chi connectivity index (χ3n) is 6.49. The Kier molecular flexibility index (Phi) is 9.52. The van der Waals surface area contributed by atoms with Crippen LogP contribution in [0, 0.1) is 0 Å². The van der Waals surface area contributed by atoms with Crippen molar-refractivity contribution in [2.24, 2.45) is 0 Å². The first-order valence-corrected chi connectivity index (χ1v) is 12.2. The molecule has 1 aromatic rings. The molecule has 1 saturated heterocycles. The molecule has 2 amide bonds. The fraction of sp³-hybridized carbons (Fsp3) is 0.680. The van der Waals surface area contributed by atoms with Gasteiger partial charge in [-0.05, 0) is 56.4 Å². The van der Waals surface area contributed by atoms with E-state index in [1.807, 2.05) is 24.3 Å². The molecule has 166 valence electrons. The highest BCUT2D eigenvalue weighted by atomic mass is 16.2. The Morgan fingerprint density at radius 1 is 0.667 bits per heavy atom. The van der Waals surface area contributed by atoms with E-state index in [-0.39, 0.29) is 6.04 Å². The molecular formula is C25H39N3O2. The van der Waals surface area contributed by atoms with Crippen LogP contribution in [0.3, 0.4) is 0 Å². The second-order valence-corrected chi connectivity index (χ2v) is 8.98. The van der Waals surface area contributed by atoms with E-state index in [0.29, 0.717) is 5.69 Å². The number of nitrogens with one attached hydrogen (secondary N) is 2. The van der Waals surface area contributed by atoms with Gasteiger partial charge in [0.05, 0.1) is 0 Å². The molecule has 3 rings (SSSR count). The summed E-state index contributed by atoms with van der Waals surface area (Å²) >= 11 is 0. The Bertz CT molecular complexity index is 641. The molecule has 2 fully saturated rings. The van der Waals surface area contributed by atoms with Crippen LogP contribution in [-0.2, 0) is 9.59 Å². The molecule has 1 aliphatic heterocycles. The van der Waals surface area contributed by atoms with Crippen LogP contribution < -0.4 is 15.5 Å². The van der Waals surface area contributed by atoms with Gasteiger partial charge in [-0.3, -0.25) is 9.59 Å². The Morgan fingerprint density at radius 3 is 1.73 bits per heavy atom. The second kappa shape index (κ2) is 12.6. The third-order valence-corrected chi connectivity index (χ3v) is 6.49. The van der Waals surface area contributed by atoms with Crippen LogP contribution >= 0.6 is 0 Å². The van der Waals surface area contributed by atoms with Crippen molar-refractivity contribution >= 4 is 23.2 Å². The zero-order valence-electron chi connectivity index (χ0n) is 18.5. The van der Waals surface area contributed by atoms with Gasteiger partial charge < -0.3 is 15.5 Å². The number of hydrogen-bond acceptors (Lipinski definition) is 3. The number of nitrogens with zero attached hydrogens (tertiary/aromatic N) is 1. The normalized spacial score (nSPS) is 19.9. The quantitative estimate of drug-likeness (QED) is 0.652. The lowest BCUT2D eigenvalue weighted by Gasteiger charge is -2.28. The highest BCUT2D eigenvalue weighted by Crippen LogP contribution is 2.22. The van der Waals surface area contributed by atoms with Gasteiger partial charge in [-0.1, -0.05) is 57.8 Å². The summed E-state index contributed by atoms with van der Waals surface area (Å²) in [6, 6.07) is 7.97. The van der Waals surface area contributed by atoms with Crippen molar-refractivity contribution in [3.63, 3.8) is 0 Å². The summed E-state index contributed by atoms with van der Waals surface area (Å²) in [7, 11) is 0. The number of carbonyl (C=O) groups excluding carboxylic acids is 2. The average Bonchev–Trinajstić information content (AvgIpc) is 2.76.